The number of likely N-dealkylation sites (N-methyl/N-ethyl adjacent to an activating group) is 1. The summed E-state index contributed by atoms with van der Waals surface area (Å²) < 4.78 is 34.5. The normalized spacial score (nSPS) is 14.3. The van der Waals surface area contributed by atoms with Crippen molar-refractivity contribution in [3.63, 3.8) is 0 Å². The average molecular weight is 546 g/mol. The van der Waals surface area contributed by atoms with Crippen LogP contribution in [-0.4, -0.2) is 53.5 Å². The highest BCUT2D eigenvalue weighted by atomic mass is 79.9. The van der Waals surface area contributed by atoms with Gasteiger partial charge in [0.05, 0.1) is 6.54 Å². The number of carbonyl (C=O) groups excluding carboxylic acids is 1. The van der Waals surface area contributed by atoms with Crippen LogP contribution in [0.15, 0.2) is 57.8 Å². The number of nitrogens with zero attached hydrogens (tertiary/aromatic N) is 3. The first-order chi connectivity index (χ1) is 16.7. The summed E-state index contributed by atoms with van der Waals surface area (Å²) in [6, 6.07) is 12.2. The zero-order valence-corrected chi connectivity index (χ0v) is 21.1. The molecule has 0 saturated carbocycles. The number of rotatable bonds is 6. The fraction of sp³-hybridized carbons (Fsp3) is 0.308. The standard InChI is InChI=1S/C26H26BrF2N3O3/c1-17-13-23(35-16-20-7-8-21(28)14-22(20)29)24(27)26(34)32(17)15-18-3-5-19(6-4-18)25(33)31-11-9-30(2)10-12-31/h3-8,13-14H,9-12,15-16H2,1-2H3. The second-order valence-corrected chi connectivity index (χ2v) is 9.47. The molecule has 3 aromatic rings. The van der Waals surface area contributed by atoms with Gasteiger partial charge < -0.3 is 19.1 Å². The Morgan fingerprint density at radius 2 is 1.71 bits per heavy atom. The van der Waals surface area contributed by atoms with Crippen molar-refractivity contribution in [3.8, 4) is 5.75 Å². The van der Waals surface area contributed by atoms with E-state index in [1.165, 1.54) is 6.07 Å². The molecule has 0 radical (unpaired) electrons. The number of hydrogen-bond donors (Lipinski definition) is 0. The largest absolute Gasteiger partial charge is 0.487 e. The molecule has 1 aromatic heterocycles. The maximum Gasteiger partial charge on any atom is 0.269 e. The van der Waals surface area contributed by atoms with E-state index in [0.29, 0.717) is 30.9 Å². The molecule has 35 heavy (non-hydrogen) atoms. The predicted molar refractivity (Wildman–Crippen MR) is 133 cm³/mol. The second-order valence-electron chi connectivity index (χ2n) is 8.67. The number of carbonyl (C=O) groups is 1. The Morgan fingerprint density at radius 3 is 2.37 bits per heavy atom. The molecule has 1 aliphatic heterocycles. The molecule has 2 aromatic carbocycles. The molecule has 0 spiro atoms. The summed E-state index contributed by atoms with van der Waals surface area (Å²) in [5.74, 6) is -1.08. The Kier molecular flexibility index (Phi) is 7.66. The molecule has 4 rings (SSSR count). The molecular formula is C26H26BrF2N3O3. The highest BCUT2D eigenvalue weighted by molar-refractivity contribution is 9.10. The lowest BCUT2D eigenvalue weighted by atomic mass is 10.1. The van der Waals surface area contributed by atoms with Crippen LogP contribution in [0.25, 0.3) is 0 Å². The first-order valence-corrected chi connectivity index (χ1v) is 12.1. The number of aryl methyl sites for hydroxylation is 1. The summed E-state index contributed by atoms with van der Waals surface area (Å²) in [4.78, 5) is 29.8. The Hall–Kier alpha value is -3.04. The van der Waals surface area contributed by atoms with Crippen LogP contribution in [0.2, 0.25) is 0 Å². The van der Waals surface area contributed by atoms with E-state index in [2.05, 4.69) is 20.8 Å². The van der Waals surface area contributed by atoms with Crippen LogP contribution in [0.5, 0.6) is 5.75 Å². The highest BCUT2D eigenvalue weighted by Gasteiger charge is 2.20. The van der Waals surface area contributed by atoms with Gasteiger partial charge in [0.25, 0.3) is 11.5 Å². The molecule has 0 aliphatic carbocycles. The molecule has 9 heteroatoms. The lowest BCUT2D eigenvalue weighted by molar-refractivity contribution is 0.0664. The SMILES string of the molecule is Cc1cc(OCc2ccc(F)cc2F)c(Br)c(=O)n1Cc1ccc(C(=O)N2CCN(C)CC2)cc1. The van der Waals surface area contributed by atoms with Crippen LogP contribution in [0.3, 0.4) is 0 Å². The van der Waals surface area contributed by atoms with E-state index in [9.17, 15) is 18.4 Å². The number of amides is 1. The zero-order chi connectivity index (χ0) is 25.1. The highest BCUT2D eigenvalue weighted by Crippen LogP contribution is 2.24. The van der Waals surface area contributed by atoms with Crippen LogP contribution in [-0.2, 0) is 13.2 Å². The summed E-state index contributed by atoms with van der Waals surface area (Å²) in [6.45, 7) is 5.10. The molecular weight excluding hydrogens is 520 g/mol. The smallest absolute Gasteiger partial charge is 0.269 e. The molecule has 0 bridgehead atoms. The lowest BCUT2D eigenvalue weighted by Crippen LogP contribution is -2.47. The van der Waals surface area contributed by atoms with Gasteiger partial charge in [0.2, 0.25) is 0 Å². The van der Waals surface area contributed by atoms with E-state index in [1.807, 2.05) is 24.1 Å². The van der Waals surface area contributed by atoms with Crippen molar-refractivity contribution in [1.82, 2.24) is 14.4 Å². The molecule has 0 unspecified atom stereocenters. The number of benzene rings is 2. The fourth-order valence-electron chi connectivity index (χ4n) is 3.94. The quantitative estimate of drug-likeness (QED) is 0.465. The Bertz CT molecular complexity index is 1290. The van der Waals surface area contributed by atoms with E-state index in [4.69, 9.17) is 4.74 Å². The predicted octanol–water partition coefficient (Wildman–Crippen LogP) is 4.21. The van der Waals surface area contributed by atoms with Crippen LogP contribution in [0.4, 0.5) is 8.78 Å². The molecule has 1 saturated heterocycles. The van der Waals surface area contributed by atoms with Gasteiger partial charge >= 0.3 is 0 Å². The third-order valence-electron chi connectivity index (χ3n) is 6.15. The van der Waals surface area contributed by atoms with Gasteiger partial charge in [-0.3, -0.25) is 9.59 Å². The lowest BCUT2D eigenvalue weighted by Gasteiger charge is -2.32. The Labute approximate surface area is 210 Å². The van der Waals surface area contributed by atoms with Crippen LogP contribution in [0.1, 0.15) is 27.2 Å². The van der Waals surface area contributed by atoms with Crippen molar-refractivity contribution in [2.45, 2.75) is 20.1 Å². The number of aromatic nitrogens is 1. The summed E-state index contributed by atoms with van der Waals surface area (Å²) in [7, 11) is 2.04. The van der Waals surface area contributed by atoms with Crippen molar-refractivity contribution in [2.75, 3.05) is 33.2 Å². The number of pyridine rings is 1. The summed E-state index contributed by atoms with van der Waals surface area (Å²) in [6.07, 6.45) is 0. The van der Waals surface area contributed by atoms with Gasteiger partial charge in [-0.05, 0) is 59.7 Å². The number of halogens is 3. The van der Waals surface area contributed by atoms with Gasteiger partial charge in [-0.25, -0.2) is 8.78 Å². The first kappa shape index (κ1) is 25.1. The van der Waals surface area contributed by atoms with Gasteiger partial charge in [-0.2, -0.15) is 0 Å². The molecule has 1 fully saturated rings. The molecule has 1 aliphatic rings. The van der Waals surface area contributed by atoms with Gasteiger partial charge in [-0.1, -0.05) is 12.1 Å². The number of ether oxygens (including phenoxy) is 1. The third kappa shape index (κ3) is 5.79. The minimum Gasteiger partial charge on any atom is -0.487 e. The average Bonchev–Trinajstić information content (AvgIpc) is 2.84. The van der Waals surface area contributed by atoms with Crippen molar-refractivity contribution in [1.29, 1.82) is 0 Å². The van der Waals surface area contributed by atoms with Crippen LogP contribution >= 0.6 is 15.9 Å². The van der Waals surface area contributed by atoms with Gasteiger partial charge in [0.1, 0.15) is 28.5 Å². The minimum atomic E-state index is -0.708. The van der Waals surface area contributed by atoms with Crippen molar-refractivity contribution < 1.29 is 18.3 Å². The Morgan fingerprint density at radius 1 is 1.03 bits per heavy atom. The molecule has 184 valence electrons. The topological polar surface area (TPSA) is 54.8 Å². The minimum absolute atomic E-state index is 0.0137. The van der Waals surface area contributed by atoms with Gasteiger partial charge in [0, 0.05) is 55.1 Å². The van der Waals surface area contributed by atoms with E-state index in [-0.39, 0.29) is 33.9 Å². The first-order valence-electron chi connectivity index (χ1n) is 11.3. The van der Waals surface area contributed by atoms with Crippen LogP contribution < -0.4 is 10.3 Å². The maximum atomic E-state index is 13.9. The van der Waals surface area contributed by atoms with Crippen molar-refractivity contribution in [2.24, 2.45) is 0 Å². The molecule has 1 amide bonds. The summed E-state index contributed by atoms with van der Waals surface area (Å²) in [5, 5.41) is 0. The third-order valence-corrected chi connectivity index (χ3v) is 6.88. The molecule has 0 atom stereocenters. The number of piperazine rings is 1. The van der Waals surface area contributed by atoms with Gasteiger partial charge in [-0.15, -0.1) is 0 Å². The summed E-state index contributed by atoms with van der Waals surface area (Å²) in [5.41, 5.74) is 2.05. The second kappa shape index (κ2) is 10.7. The van der Waals surface area contributed by atoms with Gasteiger partial charge in [0.15, 0.2) is 0 Å². The molecule has 0 N–H and O–H groups in total. The van der Waals surface area contributed by atoms with Crippen molar-refractivity contribution >= 4 is 21.8 Å². The zero-order valence-electron chi connectivity index (χ0n) is 19.6. The fourth-order valence-corrected chi connectivity index (χ4v) is 4.38. The van der Waals surface area contributed by atoms with E-state index < -0.39 is 11.6 Å². The van der Waals surface area contributed by atoms with E-state index >= 15 is 0 Å². The summed E-state index contributed by atoms with van der Waals surface area (Å²) >= 11 is 3.30. The Balaban J connectivity index is 1.46. The van der Waals surface area contributed by atoms with E-state index in [0.717, 1.165) is 30.8 Å². The number of hydrogen-bond acceptors (Lipinski definition) is 4. The van der Waals surface area contributed by atoms with Crippen LogP contribution in [0, 0.1) is 18.6 Å². The maximum absolute atomic E-state index is 13.9. The monoisotopic (exact) mass is 545 g/mol. The molecule has 2 heterocycles. The van der Waals surface area contributed by atoms with E-state index in [1.54, 1.807) is 29.7 Å². The molecule has 6 nitrogen and oxygen atoms in total. The van der Waals surface area contributed by atoms with Crippen molar-refractivity contribution in [3.05, 3.63) is 97.4 Å².